The van der Waals surface area contributed by atoms with Crippen LogP contribution in [0.2, 0.25) is 0 Å². The Kier molecular flexibility index (Phi) is 7.26. The van der Waals surface area contributed by atoms with E-state index in [4.69, 9.17) is 0 Å². The van der Waals surface area contributed by atoms with E-state index in [1.165, 1.54) is 18.4 Å². The van der Waals surface area contributed by atoms with Gasteiger partial charge in [0.15, 0.2) is 0 Å². The Labute approximate surface area is 108 Å². The van der Waals surface area contributed by atoms with Crippen molar-refractivity contribution in [1.82, 2.24) is 5.32 Å². The lowest BCUT2D eigenvalue weighted by molar-refractivity contribution is 0.401. The van der Waals surface area contributed by atoms with Gasteiger partial charge >= 0.3 is 0 Å². The van der Waals surface area contributed by atoms with Gasteiger partial charge in [-0.05, 0) is 31.1 Å². The fourth-order valence-corrected chi connectivity index (χ4v) is 2.11. The van der Waals surface area contributed by atoms with Gasteiger partial charge in [-0.25, -0.2) is 0 Å². The molecule has 0 spiro atoms. The van der Waals surface area contributed by atoms with Crippen LogP contribution in [0.4, 0.5) is 0 Å². The lowest BCUT2D eigenvalue weighted by Crippen LogP contribution is -2.35. The third kappa shape index (κ3) is 5.95. The molecule has 0 radical (unpaired) electrons. The van der Waals surface area contributed by atoms with Crippen molar-refractivity contribution in [3.05, 3.63) is 24.4 Å². The molecule has 1 nitrogen and oxygen atoms in total. The molecule has 0 saturated heterocycles. The highest BCUT2D eigenvalue weighted by atomic mass is 14.9. The second kappa shape index (κ2) is 7.58. The summed E-state index contributed by atoms with van der Waals surface area (Å²) >= 11 is 0. The molecule has 0 aliphatic heterocycles. The molecule has 0 aliphatic rings. The number of allylic oxidation sites excluding steroid dienone is 1. The Morgan fingerprint density at radius 2 is 1.65 bits per heavy atom. The van der Waals surface area contributed by atoms with E-state index >= 15 is 0 Å². The van der Waals surface area contributed by atoms with Crippen LogP contribution >= 0.6 is 0 Å². The maximum atomic E-state index is 4.19. The predicted molar refractivity (Wildman–Crippen MR) is 79.0 cm³/mol. The average molecular weight is 237 g/mol. The first-order chi connectivity index (χ1) is 7.79. The Balaban J connectivity index is 4.36. The van der Waals surface area contributed by atoms with Crippen molar-refractivity contribution in [1.29, 1.82) is 0 Å². The van der Waals surface area contributed by atoms with E-state index < -0.39 is 0 Å². The Morgan fingerprint density at radius 3 is 2.00 bits per heavy atom. The van der Waals surface area contributed by atoms with Gasteiger partial charge in [-0.1, -0.05) is 59.8 Å². The molecule has 0 saturated carbocycles. The quantitative estimate of drug-likeness (QED) is 0.600. The summed E-state index contributed by atoms with van der Waals surface area (Å²) in [5.74, 6) is 1.86. The molecule has 0 aromatic heterocycles. The molecule has 0 rings (SSSR count). The van der Waals surface area contributed by atoms with E-state index in [0.29, 0.717) is 17.9 Å². The number of hydrogen-bond donors (Lipinski definition) is 1. The van der Waals surface area contributed by atoms with E-state index in [1.807, 2.05) is 0 Å². The Morgan fingerprint density at radius 1 is 1.12 bits per heavy atom. The standard InChI is InChI=1S/C16H31N/c1-9-13(6)10-14(7)15(8)17-16(11(2)3)12(4)5/h12-14,16-17H,2,8-10H2,1,3-7H3/t13?,14?,16-/m1/s1. The summed E-state index contributed by atoms with van der Waals surface area (Å²) < 4.78 is 0. The van der Waals surface area contributed by atoms with Crippen molar-refractivity contribution in [3.8, 4) is 0 Å². The van der Waals surface area contributed by atoms with E-state index in [9.17, 15) is 0 Å². The largest absolute Gasteiger partial charge is 0.382 e. The van der Waals surface area contributed by atoms with Gasteiger partial charge < -0.3 is 5.32 Å². The van der Waals surface area contributed by atoms with E-state index in [2.05, 4.69) is 60.0 Å². The minimum Gasteiger partial charge on any atom is -0.382 e. The van der Waals surface area contributed by atoms with Crippen LogP contribution in [-0.2, 0) is 0 Å². The molecule has 0 aromatic rings. The normalized spacial score (nSPS) is 16.4. The Hall–Kier alpha value is -0.720. The second-order valence-electron chi connectivity index (χ2n) is 5.89. The van der Waals surface area contributed by atoms with Crippen LogP contribution in [-0.4, -0.2) is 6.04 Å². The maximum Gasteiger partial charge on any atom is 0.0488 e. The summed E-state index contributed by atoms with van der Waals surface area (Å²) in [6.07, 6.45) is 2.45. The van der Waals surface area contributed by atoms with Crippen LogP contribution in [0.5, 0.6) is 0 Å². The van der Waals surface area contributed by atoms with Gasteiger partial charge in [0.1, 0.15) is 0 Å². The van der Waals surface area contributed by atoms with Gasteiger partial charge in [-0.15, -0.1) is 0 Å². The summed E-state index contributed by atoms with van der Waals surface area (Å²) in [5, 5.41) is 3.55. The SMILES string of the molecule is C=C(N[C@H](C(=C)C)C(C)C)C(C)CC(C)CC. The van der Waals surface area contributed by atoms with E-state index in [-0.39, 0.29) is 0 Å². The summed E-state index contributed by atoms with van der Waals surface area (Å²) in [4.78, 5) is 0. The number of hydrogen-bond acceptors (Lipinski definition) is 1. The zero-order valence-electron chi connectivity index (χ0n) is 12.6. The molecular formula is C16H31N. The summed E-state index contributed by atoms with van der Waals surface area (Å²) in [7, 11) is 0. The zero-order chi connectivity index (χ0) is 13.6. The van der Waals surface area contributed by atoms with Crippen molar-refractivity contribution in [2.45, 2.75) is 60.4 Å². The molecule has 0 bridgehead atoms. The highest BCUT2D eigenvalue weighted by molar-refractivity contribution is 5.10. The molecule has 2 unspecified atom stereocenters. The minimum atomic E-state index is 0.349. The van der Waals surface area contributed by atoms with Crippen molar-refractivity contribution in [2.75, 3.05) is 0 Å². The van der Waals surface area contributed by atoms with Gasteiger partial charge in [0.2, 0.25) is 0 Å². The third-order valence-electron chi connectivity index (χ3n) is 3.59. The third-order valence-corrected chi connectivity index (χ3v) is 3.59. The summed E-state index contributed by atoms with van der Waals surface area (Å²) in [6, 6.07) is 0.349. The van der Waals surface area contributed by atoms with Gasteiger partial charge in [-0.3, -0.25) is 0 Å². The molecule has 0 heterocycles. The highest BCUT2D eigenvalue weighted by Gasteiger charge is 2.17. The zero-order valence-corrected chi connectivity index (χ0v) is 12.6. The van der Waals surface area contributed by atoms with Gasteiger partial charge in [0.25, 0.3) is 0 Å². The second-order valence-corrected chi connectivity index (χ2v) is 5.89. The molecule has 1 heteroatoms. The molecule has 0 amide bonds. The summed E-state index contributed by atoms with van der Waals surface area (Å²) in [5.41, 5.74) is 2.35. The van der Waals surface area contributed by atoms with Crippen molar-refractivity contribution in [2.24, 2.45) is 17.8 Å². The minimum absolute atomic E-state index is 0.349. The molecule has 0 aromatic carbocycles. The van der Waals surface area contributed by atoms with Crippen LogP contribution < -0.4 is 5.32 Å². The van der Waals surface area contributed by atoms with Crippen LogP contribution in [0.25, 0.3) is 0 Å². The molecule has 0 aliphatic carbocycles. The van der Waals surface area contributed by atoms with Crippen LogP contribution in [0.3, 0.4) is 0 Å². The highest BCUT2D eigenvalue weighted by Crippen LogP contribution is 2.21. The average Bonchev–Trinajstić information content (AvgIpc) is 2.23. The lowest BCUT2D eigenvalue weighted by atomic mass is 9.91. The van der Waals surface area contributed by atoms with Gasteiger partial charge in [-0.2, -0.15) is 0 Å². The number of rotatable bonds is 8. The molecule has 17 heavy (non-hydrogen) atoms. The Bertz CT molecular complexity index is 252. The van der Waals surface area contributed by atoms with Crippen molar-refractivity contribution in [3.63, 3.8) is 0 Å². The number of nitrogens with one attached hydrogen (secondary N) is 1. The first kappa shape index (κ1) is 16.3. The predicted octanol–water partition coefficient (Wildman–Crippen LogP) is 4.76. The fourth-order valence-electron chi connectivity index (χ4n) is 2.11. The summed E-state index contributed by atoms with van der Waals surface area (Å²) in [6.45, 7) is 21.6. The van der Waals surface area contributed by atoms with Gasteiger partial charge in [0.05, 0.1) is 0 Å². The molecule has 100 valence electrons. The van der Waals surface area contributed by atoms with Crippen molar-refractivity contribution >= 4 is 0 Å². The van der Waals surface area contributed by atoms with Crippen LogP contribution in [0.1, 0.15) is 54.4 Å². The van der Waals surface area contributed by atoms with Crippen molar-refractivity contribution < 1.29 is 0 Å². The fraction of sp³-hybridized carbons (Fsp3) is 0.750. The molecule has 3 atom stereocenters. The van der Waals surface area contributed by atoms with Gasteiger partial charge in [0, 0.05) is 11.7 Å². The first-order valence-corrected chi connectivity index (χ1v) is 6.90. The lowest BCUT2D eigenvalue weighted by Gasteiger charge is -2.28. The van der Waals surface area contributed by atoms with E-state index in [0.717, 1.165) is 11.6 Å². The molecular weight excluding hydrogens is 206 g/mol. The topological polar surface area (TPSA) is 12.0 Å². The monoisotopic (exact) mass is 237 g/mol. The van der Waals surface area contributed by atoms with Crippen LogP contribution in [0, 0.1) is 17.8 Å². The maximum absolute atomic E-state index is 4.19. The molecule has 0 fully saturated rings. The smallest absolute Gasteiger partial charge is 0.0488 e. The molecule has 1 N–H and O–H groups in total. The van der Waals surface area contributed by atoms with Crippen LogP contribution in [0.15, 0.2) is 24.4 Å². The van der Waals surface area contributed by atoms with E-state index in [1.54, 1.807) is 0 Å². The first-order valence-electron chi connectivity index (χ1n) is 6.90.